The van der Waals surface area contributed by atoms with Crippen molar-refractivity contribution in [2.45, 2.75) is 74.2 Å². The van der Waals surface area contributed by atoms with Crippen molar-refractivity contribution in [2.75, 3.05) is 36.1 Å². The average molecular weight is 707 g/mol. The molecule has 252 valence electrons. The molecule has 1 saturated heterocycles. The van der Waals surface area contributed by atoms with E-state index in [0.717, 1.165) is 73.8 Å². The van der Waals surface area contributed by atoms with Gasteiger partial charge in [-0.2, -0.15) is 0 Å². The number of benzene rings is 1. The van der Waals surface area contributed by atoms with Crippen LogP contribution in [0.4, 0.5) is 5.69 Å². The monoisotopic (exact) mass is 706 g/mol. The number of hydrogen-bond donors (Lipinski definition) is 2. The van der Waals surface area contributed by atoms with E-state index in [2.05, 4.69) is 21.8 Å². The molecule has 2 bridgehead atoms. The topological polar surface area (TPSA) is 95.9 Å². The molecule has 5 aliphatic rings. The standard InChI is InChI=1S/C35H47ClN2O5S3/c1-23-7-5-15-35(40,34-44-17-6-18-45-34)30-13-10-27(30)21-38-16-4-3-8-25-19-29(36)12-9-28(25)22-43-32-14-11-26(20-31(32)38)33(39)37-46(41,42)24(23)2/h5,9,11-12,14-15,19-20,23-25,27-28,30,34,40H,3-4,6-8,10,13,16-18,21-22H2,1-2H3,(H,37,39)/b15-5+/t23-,24+,25-,27-,28?,30+,35+/m0/s1. The Labute approximate surface area is 288 Å². The minimum Gasteiger partial charge on any atom is -0.491 e. The van der Waals surface area contributed by atoms with Crippen LogP contribution >= 0.6 is 35.1 Å². The van der Waals surface area contributed by atoms with Crippen LogP contribution in [0.25, 0.3) is 0 Å². The van der Waals surface area contributed by atoms with Crippen molar-refractivity contribution in [3.8, 4) is 5.75 Å². The van der Waals surface area contributed by atoms with E-state index in [1.54, 1.807) is 19.1 Å². The van der Waals surface area contributed by atoms with E-state index in [0.29, 0.717) is 30.3 Å². The molecule has 2 N–H and O–H groups in total. The number of nitrogens with zero attached hydrogens (tertiary/aromatic N) is 1. The first-order valence-corrected chi connectivity index (χ1v) is 20.8. The van der Waals surface area contributed by atoms with Crippen LogP contribution in [0.3, 0.4) is 0 Å². The summed E-state index contributed by atoms with van der Waals surface area (Å²) in [7, 11) is -3.95. The van der Waals surface area contributed by atoms with Gasteiger partial charge >= 0.3 is 0 Å². The van der Waals surface area contributed by atoms with Crippen molar-refractivity contribution in [1.82, 2.24) is 4.72 Å². The van der Waals surface area contributed by atoms with Crippen LogP contribution in [0.15, 0.2) is 53.6 Å². The number of fused-ring (bicyclic) bond motifs is 3. The van der Waals surface area contributed by atoms with Crippen LogP contribution in [0.2, 0.25) is 0 Å². The maximum absolute atomic E-state index is 13.5. The predicted octanol–water partition coefficient (Wildman–Crippen LogP) is 6.98. The van der Waals surface area contributed by atoms with Gasteiger partial charge in [0, 0.05) is 29.6 Å². The molecule has 7 atom stereocenters. The molecular weight excluding hydrogens is 660 g/mol. The van der Waals surface area contributed by atoms with Gasteiger partial charge in [0.15, 0.2) is 0 Å². The fourth-order valence-corrected chi connectivity index (χ4v) is 12.2. The Kier molecular flexibility index (Phi) is 10.8. The van der Waals surface area contributed by atoms with E-state index < -0.39 is 26.8 Å². The van der Waals surface area contributed by atoms with E-state index in [1.165, 1.54) is 0 Å². The second-order valence-corrected chi connectivity index (χ2v) is 18.9. The minimum absolute atomic E-state index is 0.0426. The number of rotatable bonds is 1. The number of nitrogens with one attached hydrogen (secondary N) is 1. The number of carbonyl (C=O) groups excluding carboxylic acids is 1. The predicted molar refractivity (Wildman–Crippen MR) is 191 cm³/mol. The fourth-order valence-electron chi connectivity index (χ4n) is 7.49. The molecule has 1 unspecified atom stereocenters. The zero-order valence-corrected chi connectivity index (χ0v) is 30.0. The van der Waals surface area contributed by atoms with Gasteiger partial charge in [0.2, 0.25) is 10.0 Å². The summed E-state index contributed by atoms with van der Waals surface area (Å²) in [4.78, 5) is 15.8. The minimum atomic E-state index is -3.95. The van der Waals surface area contributed by atoms with Crippen LogP contribution in [-0.4, -0.2) is 66.1 Å². The number of anilines is 1. The maximum atomic E-state index is 13.5. The summed E-state index contributed by atoms with van der Waals surface area (Å²) in [5, 5.41) is 12.5. The second kappa shape index (κ2) is 14.5. The lowest BCUT2D eigenvalue weighted by Crippen LogP contribution is -2.54. The van der Waals surface area contributed by atoms with Crippen molar-refractivity contribution in [1.29, 1.82) is 0 Å². The highest BCUT2D eigenvalue weighted by Crippen LogP contribution is 2.52. The van der Waals surface area contributed by atoms with Gasteiger partial charge in [0.1, 0.15) is 11.4 Å². The number of ether oxygens (including phenoxy) is 1. The molecule has 1 aromatic rings. The van der Waals surface area contributed by atoms with Gasteiger partial charge in [0.05, 0.1) is 22.1 Å². The Hall–Kier alpha value is -1.59. The van der Waals surface area contributed by atoms with E-state index in [9.17, 15) is 18.3 Å². The molecule has 7 nitrogen and oxygen atoms in total. The molecule has 0 radical (unpaired) electrons. The zero-order valence-electron chi connectivity index (χ0n) is 26.8. The van der Waals surface area contributed by atoms with E-state index in [1.807, 2.05) is 54.7 Å². The molecule has 11 heteroatoms. The molecule has 2 fully saturated rings. The van der Waals surface area contributed by atoms with Crippen LogP contribution in [0.5, 0.6) is 5.75 Å². The van der Waals surface area contributed by atoms with Gasteiger partial charge in [-0.1, -0.05) is 49.2 Å². The van der Waals surface area contributed by atoms with Gasteiger partial charge in [-0.3, -0.25) is 4.79 Å². The third-order valence-corrected chi connectivity index (χ3v) is 16.1. The first-order valence-electron chi connectivity index (χ1n) is 16.8. The molecule has 6 rings (SSSR count). The lowest BCUT2D eigenvalue weighted by molar-refractivity contribution is -0.0331. The van der Waals surface area contributed by atoms with Gasteiger partial charge in [-0.25, -0.2) is 13.1 Å². The number of thioether (sulfide) groups is 2. The zero-order chi connectivity index (χ0) is 32.5. The van der Waals surface area contributed by atoms with E-state index in [4.69, 9.17) is 16.3 Å². The maximum Gasteiger partial charge on any atom is 0.264 e. The molecular formula is C35H47ClN2O5S3. The second-order valence-electron chi connectivity index (χ2n) is 13.7. The summed E-state index contributed by atoms with van der Waals surface area (Å²) >= 11 is 10.1. The molecule has 1 aromatic carbocycles. The van der Waals surface area contributed by atoms with Crippen LogP contribution in [0, 0.1) is 29.6 Å². The lowest BCUT2D eigenvalue weighted by atomic mass is 9.64. The Morgan fingerprint density at radius 3 is 2.65 bits per heavy atom. The highest BCUT2D eigenvalue weighted by molar-refractivity contribution is 8.17. The first kappa shape index (κ1) is 34.3. The molecule has 2 aliphatic carbocycles. The Balaban J connectivity index is 1.39. The highest BCUT2D eigenvalue weighted by atomic mass is 35.5. The number of amides is 1. The SMILES string of the molecule is C[C@@H]1[C@@H](C)C/C=C/[C@](O)(C2SCCCS2)[C@@H]2CC[C@H]2CN2CCCC[C@H]3C=C(Cl)C=CC3COc3ccc(cc32)C(=O)NS1(=O)=O. The normalized spacial score (nSPS) is 36.4. The molecule has 3 aliphatic heterocycles. The molecule has 46 heavy (non-hydrogen) atoms. The number of sulfonamides is 1. The van der Waals surface area contributed by atoms with Crippen molar-refractivity contribution in [3.05, 3.63) is 59.2 Å². The van der Waals surface area contributed by atoms with Crippen molar-refractivity contribution < 1.29 is 23.1 Å². The molecule has 1 saturated carbocycles. The quantitative estimate of drug-likeness (QED) is 0.302. The molecule has 0 aromatic heterocycles. The Morgan fingerprint density at radius 1 is 1.09 bits per heavy atom. The van der Waals surface area contributed by atoms with Crippen LogP contribution in [0.1, 0.15) is 69.2 Å². The number of carbonyl (C=O) groups is 1. The highest BCUT2D eigenvalue weighted by Gasteiger charge is 2.51. The summed E-state index contributed by atoms with van der Waals surface area (Å²) in [5.74, 6) is 2.72. The lowest BCUT2D eigenvalue weighted by Gasteiger charge is -2.51. The van der Waals surface area contributed by atoms with Gasteiger partial charge in [-0.15, -0.1) is 23.5 Å². The van der Waals surface area contributed by atoms with Crippen LogP contribution in [-0.2, 0) is 10.0 Å². The average Bonchev–Trinajstić information content (AvgIpc) is 3.05. The molecule has 1 amide bonds. The summed E-state index contributed by atoms with van der Waals surface area (Å²) < 4.78 is 35.7. The van der Waals surface area contributed by atoms with Crippen LogP contribution < -0.4 is 14.4 Å². The van der Waals surface area contributed by atoms with Gasteiger partial charge < -0.3 is 14.7 Å². The Bertz CT molecular complexity index is 1480. The first-order chi connectivity index (χ1) is 22.0. The molecule has 0 spiro atoms. The summed E-state index contributed by atoms with van der Waals surface area (Å²) in [6.45, 7) is 5.52. The van der Waals surface area contributed by atoms with Crippen molar-refractivity contribution >= 4 is 56.7 Å². The number of allylic oxidation sites excluding steroid dienone is 4. The van der Waals surface area contributed by atoms with E-state index in [-0.39, 0.29) is 28.3 Å². The number of aliphatic hydroxyl groups is 1. The fraction of sp³-hybridized carbons (Fsp3) is 0.629. The largest absolute Gasteiger partial charge is 0.491 e. The van der Waals surface area contributed by atoms with Crippen molar-refractivity contribution in [3.63, 3.8) is 0 Å². The van der Waals surface area contributed by atoms with Crippen molar-refractivity contribution in [2.24, 2.45) is 29.6 Å². The molecule has 3 heterocycles. The summed E-state index contributed by atoms with van der Waals surface area (Å²) in [6.07, 6.45) is 16.8. The third-order valence-electron chi connectivity index (χ3n) is 10.7. The number of hydrogen-bond acceptors (Lipinski definition) is 8. The smallest absolute Gasteiger partial charge is 0.264 e. The third kappa shape index (κ3) is 7.36. The summed E-state index contributed by atoms with van der Waals surface area (Å²) in [6, 6.07) is 5.28. The number of halogens is 1. The summed E-state index contributed by atoms with van der Waals surface area (Å²) in [5.41, 5.74) is 0.103. The van der Waals surface area contributed by atoms with Gasteiger partial charge in [0.25, 0.3) is 5.91 Å². The van der Waals surface area contributed by atoms with E-state index >= 15 is 0 Å². The Morgan fingerprint density at radius 2 is 1.89 bits per heavy atom. The van der Waals surface area contributed by atoms with Gasteiger partial charge in [-0.05, 0) is 105 Å².